The lowest BCUT2D eigenvalue weighted by Crippen LogP contribution is -2.30. The van der Waals surface area contributed by atoms with Gasteiger partial charge in [-0.05, 0) is 109 Å². The fourth-order valence-corrected chi connectivity index (χ4v) is 8.19. The fraction of sp³-hybridized carbons (Fsp3) is 0.762. The van der Waals surface area contributed by atoms with E-state index in [1.54, 1.807) is 0 Å². The van der Waals surface area contributed by atoms with Crippen molar-refractivity contribution >= 4 is 17.9 Å². The number of ether oxygens (including phenoxy) is 3. The zero-order chi connectivity index (χ0) is 50.0. The van der Waals surface area contributed by atoms with Crippen molar-refractivity contribution in [3.63, 3.8) is 0 Å². The van der Waals surface area contributed by atoms with Gasteiger partial charge in [-0.2, -0.15) is 0 Å². The Balaban J connectivity index is 4.45. The second-order valence-corrected chi connectivity index (χ2v) is 19.5. The molecule has 0 aliphatic carbocycles. The summed E-state index contributed by atoms with van der Waals surface area (Å²) < 4.78 is 16.8. The van der Waals surface area contributed by atoms with Crippen LogP contribution in [0.3, 0.4) is 0 Å². The third kappa shape index (κ3) is 55.6. The van der Waals surface area contributed by atoms with E-state index in [0.717, 1.165) is 64.2 Å². The van der Waals surface area contributed by atoms with E-state index in [2.05, 4.69) is 93.7 Å². The molecule has 0 saturated carbocycles. The molecule has 0 N–H and O–H groups in total. The molecule has 0 aromatic carbocycles. The number of unbranched alkanes of at least 4 members (excludes halogenated alkanes) is 30. The molecule has 6 nitrogen and oxygen atoms in total. The van der Waals surface area contributed by atoms with Gasteiger partial charge in [0.15, 0.2) is 6.10 Å². The second kappa shape index (κ2) is 57.4. The van der Waals surface area contributed by atoms with Crippen molar-refractivity contribution < 1.29 is 28.6 Å². The summed E-state index contributed by atoms with van der Waals surface area (Å²) in [6.07, 6.45) is 73.2. The quantitative estimate of drug-likeness (QED) is 0.0262. The number of esters is 3. The number of hydrogen-bond acceptors (Lipinski definition) is 6. The van der Waals surface area contributed by atoms with Crippen molar-refractivity contribution in [2.24, 2.45) is 0 Å². The summed E-state index contributed by atoms with van der Waals surface area (Å²) in [7, 11) is 0. The third-order valence-corrected chi connectivity index (χ3v) is 12.7. The van der Waals surface area contributed by atoms with Crippen LogP contribution in [0.15, 0.2) is 72.9 Å². The van der Waals surface area contributed by atoms with Gasteiger partial charge in [-0.3, -0.25) is 14.4 Å². The highest BCUT2D eigenvalue weighted by Gasteiger charge is 2.19. The van der Waals surface area contributed by atoms with Crippen LogP contribution in [0, 0.1) is 0 Å². The summed E-state index contributed by atoms with van der Waals surface area (Å²) in [5.41, 5.74) is 0. The minimum atomic E-state index is -0.800. The van der Waals surface area contributed by atoms with E-state index >= 15 is 0 Å². The maximum absolute atomic E-state index is 12.9. The average molecular weight is 964 g/mol. The van der Waals surface area contributed by atoms with Gasteiger partial charge in [-0.15, -0.1) is 0 Å². The third-order valence-electron chi connectivity index (χ3n) is 12.7. The zero-order valence-corrected chi connectivity index (χ0v) is 45.6. The molecule has 0 rings (SSSR count). The van der Waals surface area contributed by atoms with Crippen molar-refractivity contribution in [2.75, 3.05) is 13.2 Å². The number of carbonyl (C=O) groups excluding carboxylic acids is 3. The smallest absolute Gasteiger partial charge is 0.306 e. The van der Waals surface area contributed by atoms with Crippen molar-refractivity contribution in [2.45, 2.75) is 297 Å². The van der Waals surface area contributed by atoms with Gasteiger partial charge in [0.05, 0.1) is 0 Å². The fourth-order valence-electron chi connectivity index (χ4n) is 8.19. The molecule has 0 aromatic heterocycles. The molecule has 0 aromatic rings. The van der Waals surface area contributed by atoms with E-state index in [0.29, 0.717) is 19.3 Å². The van der Waals surface area contributed by atoms with Crippen molar-refractivity contribution in [3.05, 3.63) is 72.9 Å². The first kappa shape index (κ1) is 65.8. The lowest BCUT2D eigenvalue weighted by atomic mass is 10.1. The molecule has 0 amide bonds. The van der Waals surface area contributed by atoms with E-state index in [1.165, 1.54) is 180 Å². The zero-order valence-electron chi connectivity index (χ0n) is 45.6. The largest absolute Gasteiger partial charge is 0.462 e. The van der Waals surface area contributed by atoms with Gasteiger partial charge < -0.3 is 14.2 Å². The molecule has 1 atom stereocenters. The molecule has 6 heteroatoms. The summed E-state index contributed by atoms with van der Waals surface area (Å²) in [6.45, 7) is 6.57. The molecule has 0 unspecified atom stereocenters. The minimum absolute atomic E-state index is 0.0942. The first-order chi connectivity index (χ1) is 34.0. The SMILES string of the molecule is CCCCC/C=C\C/C=C\CCCCCCCCCCCC(=O)O[C@H](COC(=O)CCC/C=C\C/C=C\C/C=C\CCCCCCCC)COC(=O)CCCCCCCCC/C=C\CCCCCC. The maximum atomic E-state index is 12.9. The predicted molar refractivity (Wildman–Crippen MR) is 298 cm³/mol. The second-order valence-electron chi connectivity index (χ2n) is 19.5. The minimum Gasteiger partial charge on any atom is -0.462 e. The summed E-state index contributed by atoms with van der Waals surface area (Å²) in [6, 6.07) is 0. The van der Waals surface area contributed by atoms with Crippen LogP contribution in [0.4, 0.5) is 0 Å². The number of allylic oxidation sites excluding steroid dienone is 12. The summed E-state index contributed by atoms with van der Waals surface area (Å²) in [5.74, 6) is -0.948. The lowest BCUT2D eigenvalue weighted by Gasteiger charge is -2.18. The van der Waals surface area contributed by atoms with Crippen LogP contribution in [0.5, 0.6) is 0 Å². The van der Waals surface area contributed by atoms with E-state index in [-0.39, 0.29) is 37.5 Å². The van der Waals surface area contributed by atoms with E-state index < -0.39 is 6.10 Å². The maximum Gasteiger partial charge on any atom is 0.306 e. The summed E-state index contributed by atoms with van der Waals surface area (Å²) in [4.78, 5) is 38.2. The normalized spacial score (nSPS) is 12.6. The molecule has 398 valence electrons. The molecule has 0 fully saturated rings. The number of hydrogen-bond donors (Lipinski definition) is 0. The molecule has 0 aliphatic heterocycles. The highest BCUT2D eigenvalue weighted by molar-refractivity contribution is 5.71. The van der Waals surface area contributed by atoms with Crippen LogP contribution in [-0.4, -0.2) is 37.2 Å². The number of carbonyl (C=O) groups is 3. The van der Waals surface area contributed by atoms with Crippen molar-refractivity contribution in [1.82, 2.24) is 0 Å². The molecule has 0 bridgehead atoms. The Morgan fingerprint density at radius 2 is 0.536 bits per heavy atom. The Hall–Kier alpha value is -3.15. The molecule has 0 saturated heterocycles. The van der Waals surface area contributed by atoms with Crippen molar-refractivity contribution in [3.8, 4) is 0 Å². The van der Waals surface area contributed by atoms with Crippen LogP contribution in [0.25, 0.3) is 0 Å². The average Bonchev–Trinajstić information content (AvgIpc) is 3.35. The highest BCUT2D eigenvalue weighted by Crippen LogP contribution is 2.15. The topological polar surface area (TPSA) is 78.9 Å². The molecular weight excluding hydrogens is 853 g/mol. The molecule has 0 aliphatic rings. The van der Waals surface area contributed by atoms with Crippen molar-refractivity contribution in [1.29, 1.82) is 0 Å². The molecule has 0 heterocycles. The highest BCUT2D eigenvalue weighted by atomic mass is 16.6. The Kier molecular flexibility index (Phi) is 54.8. The lowest BCUT2D eigenvalue weighted by molar-refractivity contribution is -0.167. The van der Waals surface area contributed by atoms with Gasteiger partial charge in [0.1, 0.15) is 13.2 Å². The van der Waals surface area contributed by atoms with Gasteiger partial charge >= 0.3 is 17.9 Å². The molecular formula is C63H110O6. The monoisotopic (exact) mass is 963 g/mol. The molecule has 69 heavy (non-hydrogen) atoms. The Morgan fingerprint density at radius 3 is 0.928 bits per heavy atom. The van der Waals surface area contributed by atoms with E-state index in [1.807, 2.05) is 0 Å². The molecule has 0 radical (unpaired) electrons. The van der Waals surface area contributed by atoms with E-state index in [4.69, 9.17) is 14.2 Å². The Labute approximate surface area is 427 Å². The Morgan fingerprint density at radius 1 is 0.290 bits per heavy atom. The standard InChI is InChI=1S/C63H110O6/c1-4-7-10-13-16-19-22-25-28-30-31-33-36-39-42-45-48-51-54-57-63(66)69-60(58-67-61(64)55-52-49-46-43-40-37-34-27-24-21-18-15-12-9-6-3)59-68-62(65)56-53-50-47-44-41-38-35-32-29-26-23-20-17-14-11-8-5-2/h16,19,21,24-26,28-29,35,38,44,47,60H,4-15,17-18,20,22-23,27,30-34,36-37,39-43,45-46,48-59H2,1-3H3/b19-16-,24-21-,28-25-,29-26-,38-35-,47-44-/t60-/m0/s1. The van der Waals surface area contributed by atoms with Gasteiger partial charge in [0, 0.05) is 19.3 Å². The number of rotatable bonds is 53. The molecule has 0 spiro atoms. The summed E-state index contributed by atoms with van der Waals surface area (Å²) >= 11 is 0. The van der Waals surface area contributed by atoms with Crippen LogP contribution >= 0.6 is 0 Å². The van der Waals surface area contributed by atoms with Gasteiger partial charge in [0.25, 0.3) is 0 Å². The van der Waals surface area contributed by atoms with Crippen LogP contribution in [-0.2, 0) is 28.6 Å². The van der Waals surface area contributed by atoms with Crippen LogP contribution in [0.2, 0.25) is 0 Å². The van der Waals surface area contributed by atoms with Gasteiger partial charge in [-0.1, -0.05) is 235 Å². The Bertz CT molecular complexity index is 1290. The van der Waals surface area contributed by atoms with Crippen LogP contribution < -0.4 is 0 Å². The van der Waals surface area contributed by atoms with Gasteiger partial charge in [-0.25, -0.2) is 0 Å². The van der Waals surface area contributed by atoms with Crippen LogP contribution in [0.1, 0.15) is 290 Å². The predicted octanol–water partition coefficient (Wildman–Crippen LogP) is 19.8. The van der Waals surface area contributed by atoms with E-state index in [9.17, 15) is 14.4 Å². The van der Waals surface area contributed by atoms with Gasteiger partial charge in [0.2, 0.25) is 0 Å². The summed E-state index contributed by atoms with van der Waals surface area (Å²) in [5, 5.41) is 0. The first-order valence-corrected chi connectivity index (χ1v) is 29.4. The first-order valence-electron chi connectivity index (χ1n) is 29.4.